The van der Waals surface area contributed by atoms with Gasteiger partial charge in [-0.25, -0.2) is 12.7 Å². The molecule has 1 rings (SSSR count). The molecule has 4 nitrogen and oxygen atoms in total. The predicted molar refractivity (Wildman–Crippen MR) is 63.2 cm³/mol. The fourth-order valence-corrected chi connectivity index (χ4v) is 3.74. The van der Waals surface area contributed by atoms with Crippen molar-refractivity contribution in [2.75, 3.05) is 18.8 Å². The van der Waals surface area contributed by atoms with Crippen LogP contribution in [0.5, 0.6) is 0 Å². The molecule has 0 radical (unpaired) electrons. The molecule has 0 aromatic rings. The second kappa shape index (κ2) is 4.72. The van der Waals surface area contributed by atoms with E-state index in [1.54, 1.807) is 0 Å². The van der Waals surface area contributed by atoms with Gasteiger partial charge in [0.05, 0.1) is 17.7 Å². The van der Waals surface area contributed by atoms with Crippen molar-refractivity contribution in [3.63, 3.8) is 0 Å². The minimum Gasteiger partial charge on any atom is -0.212 e. The van der Waals surface area contributed by atoms with Crippen LogP contribution in [0.3, 0.4) is 0 Å². The molecule has 0 saturated carbocycles. The topological polar surface area (TPSA) is 61.2 Å². The molecule has 0 spiro atoms. The van der Waals surface area contributed by atoms with E-state index in [0.717, 1.165) is 6.42 Å². The second-order valence-electron chi connectivity index (χ2n) is 4.94. The third kappa shape index (κ3) is 2.55. The Balaban J connectivity index is 2.56. The Bertz CT molecular complexity index is 377. The van der Waals surface area contributed by atoms with E-state index in [2.05, 4.69) is 6.07 Å². The summed E-state index contributed by atoms with van der Waals surface area (Å²) >= 11 is 0. The van der Waals surface area contributed by atoms with Crippen LogP contribution in [0, 0.1) is 22.7 Å². The Kier molecular flexibility index (Phi) is 3.97. The van der Waals surface area contributed by atoms with Crippen molar-refractivity contribution in [1.82, 2.24) is 4.31 Å². The van der Waals surface area contributed by atoms with Crippen molar-refractivity contribution in [3.05, 3.63) is 0 Å². The molecule has 1 aliphatic rings. The van der Waals surface area contributed by atoms with Crippen LogP contribution in [0.1, 0.15) is 33.6 Å². The monoisotopic (exact) mass is 244 g/mol. The van der Waals surface area contributed by atoms with Crippen molar-refractivity contribution in [2.24, 2.45) is 11.3 Å². The summed E-state index contributed by atoms with van der Waals surface area (Å²) in [6.07, 6.45) is 1.60. The quantitative estimate of drug-likeness (QED) is 0.738. The van der Waals surface area contributed by atoms with Crippen LogP contribution in [0.15, 0.2) is 0 Å². The first-order chi connectivity index (χ1) is 7.35. The molecular weight excluding hydrogens is 224 g/mol. The molecule has 5 heteroatoms. The third-order valence-electron chi connectivity index (χ3n) is 3.46. The van der Waals surface area contributed by atoms with E-state index >= 15 is 0 Å². The summed E-state index contributed by atoms with van der Waals surface area (Å²) in [6, 6.07) is 2.20. The summed E-state index contributed by atoms with van der Waals surface area (Å²) in [6.45, 7) is 6.80. The van der Waals surface area contributed by atoms with E-state index in [9.17, 15) is 8.42 Å². The highest BCUT2D eigenvalue weighted by Gasteiger charge is 2.47. The average Bonchev–Trinajstić information content (AvgIpc) is 2.20. The number of hydrogen-bond acceptors (Lipinski definition) is 3. The zero-order valence-corrected chi connectivity index (χ0v) is 11.0. The number of nitriles is 1. The van der Waals surface area contributed by atoms with Crippen molar-refractivity contribution >= 4 is 10.0 Å². The largest absolute Gasteiger partial charge is 0.214 e. The van der Waals surface area contributed by atoms with Gasteiger partial charge in [0, 0.05) is 18.5 Å². The Hall–Kier alpha value is -0.600. The SMILES string of the molecule is CCCCS(=O)(=O)N1CC(C)(C(C)C#N)C1. The fraction of sp³-hybridized carbons (Fsp3) is 0.909. The number of sulfonamides is 1. The molecule has 1 fully saturated rings. The zero-order chi connectivity index (χ0) is 12.4. The average molecular weight is 244 g/mol. The van der Waals surface area contributed by atoms with Gasteiger partial charge in [0.25, 0.3) is 0 Å². The first-order valence-electron chi connectivity index (χ1n) is 5.73. The highest BCUT2D eigenvalue weighted by molar-refractivity contribution is 7.89. The molecule has 0 aliphatic carbocycles. The van der Waals surface area contributed by atoms with E-state index in [1.165, 1.54) is 4.31 Å². The summed E-state index contributed by atoms with van der Waals surface area (Å²) in [5, 5.41) is 8.85. The number of nitrogens with zero attached hydrogens (tertiary/aromatic N) is 2. The lowest BCUT2D eigenvalue weighted by molar-refractivity contribution is 0.0561. The maximum absolute atomic E-state index is 11.8. The lowest BCUT2D eigenvalue weighted by Crippen LogP contribution is -2.59. The lowest BCUT2D eigenvalue weighted by atomic mass is 9.74. The van der Waals surface area contributed by atoms with Gasteiger partial charge >= 0.3 is 0 Å². The fourth-order valence-electron chi connectivity index (χ4n) is 1.84. The van der Waals surface area contributed by atoms with E-state index in [-0.39, 0.29) is 17.1 Å². The van der Waals surface area contributed by atoms with E-state index in [1.807, 2.05) is 20.8 Å². The molecule has 1 heterocycles. The van der Waals surface area contributed by atoms with E-state index in [0.29, 0.717) is 19.5 Å². The van der Waals surface area contributed by atoms with Gasteiger partial charge in [0.2, 0.25) is 10.0 Å². The molecule has 92 valence electrons. The molecule has 16 heavy (non-hydrogen) atoms. The standard InChI is InChI=1S/C11H20N2O2S/c1-4-5-6-16(14,15)13-8-11(3,9-13)10(2)7-12/h10H,4-6,8-9H2,1-3H3. The van der Waals surface area contributed by atoms with Crippen LogP contribution in [-0.4, -0.2) is 31.6 Å². The molecule has 0 aromatic carbocycles. The van der Waals surface area contributed by atoms with Crippen LogP contribution in [0.2, 0.25) is 0 Å². The molecule has 1 atom stereocenters. The van der Waals surface area contributed by atoms with Crippen LogP contribution in [-0.2, 0) is 10.0 Å². The Morgan fingerprint density at radius 1 is 1.50 bits per heavy atom. The van der Waals surface area contributed by atoms with Gasteiger partial charge in [0.15, 0.2) is 0 Å². The van der Waals surface area contributed by atoms with Crippen LogP contribution < -0.4 is 0 Å². The highest BCUT2D eigenvalue weighted by Crippen LogP contribution is 2.38. The normalized spacial score (nSPS) is 22.1. The van der Waals surface area contributed by atoms with Crippen LogP contribution >= 0.6 is 0 Å². The van der Waals surface area contributed by atoms with E-state index < -0.39 is 10.0 Å². The van der Waals surface area contributed by atoms with Crippen LogP contribution in [0.4, 0.5) is 0 Å². The van der Waals surface area contributed by atoms with Crippen molar-refractivity contribution in [2.45, 2.75) is 33.6 Å². The van der Waals surface area contributed by atoms with Gasteiger partial charge < -0.3 is 0 Å². The van der Waals surface area contributed by atoms with E-state index in [4.69, 9.17) is 5.26 Å². The number of rotatable bonds is 5. The first-order valence-corrected chi connectivity index (χ1v) is 7.34. The molecule has 0 bridgehead atoms. The Morgan fingerprint density at radius 3 is 2.50 bits per heavy atom. The summed E-state index contributed by atoms with van der Waals surface area (Å²) in [7, 11) is -3.07. The smallest absolute Gasteiger partial charge is 0.212 e. The van der Waals surface area contributed by atoms with Gasteiger partial charge in [-0.3, -0.25) is 0 Å². The van der Waals surface area contributed by atoms with Crippen LogP contribution in [0.25, 0.3) is 0 Å². The van der Waals surface area contributed by atoms with Crippen molar-refractivity contribution in [1.29, 1.82) is 5.26 Å². The summed E-state index contributed by atoms with van der Waals surface area (Å²) in [5.74, 6) is 0.144. The summed E-state index contributed by atoms with van der Waals surface area (Å²) in [4.78, 5) is 0. The van der Waals surface area contributed by atoms with Gasteiger partial charge in [-0.15, -0.1) is 0 Å². The number of hydrogen-bond donors (Lipinski definition) is 0. The van der Waals surface area contributed by atoms with Gasteiger partial charge in [-0.1, -0.05) is 20.3 Å². The minimum atomic E-state index is -3.07. The van der Waals surface area contributed by atoms with Gasteiger partial charge in [-0.05, 0) is 13.3 Å². The Labute approximate surface area is 98.3 Å². The molecule has 1 aliphatic heterocycles. The van der Waals surface area contributed by atoms with Gasteiger partial charge in [0.1, 0.15) is 0 Å². The zero-order valence-electron chi connectivity index (χ0n) is 10.2. The molecule has 0 aromatic heterocycles. The lowest BCUT2D eigenvalue weighted by Gasteiger charge is -2.48. The second-order valence-corrected chi connectivity index (χ2v) is 7.03. The maximum Gasteiger partial charge on any atom is 0.214 e. The summed E-state index contributed by atoms with van der Waals surface area (Å²) in [5.41, 5.74) is -0.159. The molecular formula is C11H20N2O2S. The first kappa shape index (κ1) is 13.5. The molecule has 0 N–H and O–H groups in total. The number of unbranched alkanes of at least 4 members (excludes halogenated alkanes) is 1. The maximum atomic E-state index is 11.8. The molecule has 0 amide bonds. The predicted octanol–water partition coefficient (Wildman–Crippen LogP) is 1.60. The minimum absolute atomic E-state index is 0.0925. The van der Waals surface area contributed by atoms with Gasteiger partial charge in [-0.2, -0.15) is 5.26 Å². The molecule has 1 unspecified atom stereocenters. The summed E-state index contributed by atoms with van der Waals surface area (Å²) < 4.78 is 25.1. The third-order valence-corrected chi connectivity index (χ3v) is 5.31. The highest BCUT2D eigenvalue weighted by atomic mass is 32.2. The Morgan fingerprint density at radius 2 is 2.06 bits per heavy atom. The molecule has 1 saturated heterocycles. The van der Waals surface area contributed by atoms with Crippen molar-refractivity contribution in [3.8, 4) is 6.07 Å². The van der Waals surface area contributed by atoms with Crippen molar-refractivity contribution < 1.29 is 8.42 Å².